The Morgan fingerprint density at radius 1 is 1.10 bits per heavy atom. The lowest BCUT2D eigenvalue weighted by atomic mass is 9.59. The van der Waals surface area contributed by atoms with Gasteiger partial charge in [0.2, 0.25) is 0 Å². The average molecular weight is 409 g/mol. The average Bonchev–Trinajstić information content (AvgIpc) is 2.74. The van der Waals surface area contributed by atoms with Crippen molar-refractivity contribution in [1.82, 2.24) is 0 Å². The summed E-state index contributed by atoms with van der Waals surface area (Å²) in [6.07, 6.45) is 3.35. The van der Waals surface area contributed by atoms with E-state index in [2.05, 4.69) is 53.7 Å². The predicted octanol–water partition coefficient (Wildman–Crippen LogP) is 7.66. The quantitative estimate of drug-likeness (QED) is 0.516. The molecule has 2 nitrogen and oxygen atoms in total. The molecule has 0 aromatic heterocycles. The first kappa shape index (κ1) is 24.2. The Morgan fingerprint density at radius 3 is 2.27 bits per heavy atom. The summed E-state index contributed by atoms with van der Waals surface area (Å²) in [7, 11) is 0. The molecule has 1 aliphatic carbocycles. The van der Waals surface area contributed by atoms with E-state index in [1.165, 1.54) is 17.5 Å². The molecule has 0 amide bonds. The van der Waals surface area contributed by atoms with Gasteiger partial charge in [-0.25, -0.2) is 0 Å². The molecule has 2 aromatic rings. The standard InChI is InChI=1S/C26H34O2.C2H6/c1-7-26(6)22(17(4)5)13-12-18-14-20(16(2)3)21(15-23(18)26)25(28)19-10-8-9-11-24(19)27;1-2/h8-11,14-17,22,27H,7,12-13H2,1-6H3;1-2H3. The molecule has 0 fully saturated rings. The van der Waals surface area contributed by atoms with Crippen molar-refractivity contribution in [1.29, 1.82) is 0 Å². The molecule has 0 heterocycles. The van der Waals surface area contributed by atoms with Crippen LogP contribution in [-0.4, -0.2) is 10.9 Å². The molecule has 1 N–H and O–H groups in total. The number of para-hydroxylation sites is 1. The van der Waals surface area contributed by atoms with Crippen LogP contribution in [0.1, 0.15) is 107 Å². The number of ketones is 1. The zero-order chi connectivity index (χ0) is 22.6. The van der Waals surface area contributed by atoms with Crippen LogP contribution in [0, 0.1) is 11.8 Å². The fraction of sp³-hybridized carbons (Fsp3) is 0.536. The van der Waals surface area contributed by atoms with E-state index in [-0.39, 0.29) is 22.9 Å². The molecule has 1 aliphatic rings. The van der Waals surface area contributed by atoms with Gasteiger partial charge in [0.15, 0.2) is 5.78 Å². The van der Waals surface area contributed by atoms with Crippen molar-refractivity contribution in [2.24, 2.45) is 11.8 Å². The Kier molecular flexibility index (Phi) is 7.91. The van der Waals surface area contributed by atoms with Crippen molar-refractivity contribution in [2.75, 3.05) is 0 Å². The third kappa shape index (κ3) is 4.33. The molecule has 0 radical (unpaired) electrons. The minimum absolute atomic E-state index is 0.0539. The first-order valence-corrected chi connectivity index (χ1v) is 11.7. The Morgan fingerprint density at radius 2 is 1.73 bits per heavy atom. The maximum absolute atomic E-state index is 13.4. The molecule has 0 bridgehead atoms. The summed E-state index contributed by atoms with van der Waals surface area (Å²) in [5.41, 5.74) is 5.04. The minimum atomic E-state index is -0.0743. The van der Waals surface area contributed by atoms with E-state index in [0.717, 1.165) is 24.0 Å². The molecule has 2 unspecified atom stereocenters. The lowest BCUT2D eigenvalue weighted by Crippen LogP contribution is -2.39. The van der Waals surface area contributed by atoms with Gasteiger partial charge in [0, 0.05) is 5.56 Å². The van der Waals surface area contributed by atoms with Crippen LogP contribution in [0.4, 0.5) is 0 Å². The number of phenolic OH excluding ortho intramolecular Hbond substituents is 1. The number of benzene rings is 2. The van der Waals surface area contributed by atoms with Crippen molar-refractivity contribution >= 4 is 5.78 Å². The predicted molar refractivity (Wildman–Crippen MR) is 128 cm³/mol. The van der Waals surface area contributed by atoms with E-state index in [9.17, 15) is 9.90 Å². The van der Waals surface area contributed by atoms with Gasteiger partial charge in [0.25, 0.3) is 0 Å². The molecule has 164 valence electrons. The van der Waals surface area contributed by atoms with Gasteiger partial charge in [-0.15, -0.1) is 0 Å². The number of carbonyl (C=O) groups is 1. The molecule has 3 rings (SSSR count). The minimum Gasteiger partial charge on any atom is -0.507 e. The third-order valence-electron chi connectivity index (χ3n) is 6.99. The lowest BCUT2D eigenvalue weighted by Gasteiger charge is -2.45. The summed E-state index contributed by atoms with van der Waals surface area (Å²) < 4.78 is 0. The van der Waals surface area contributed by atoms with E-state index in [1.54, 1.807) is 18.2 Å². The summed E-state index contributed by atoms with van der Waals surface area (Å²) >= 11 is 0. The van der Waals surface area contributed by atoms with Crippen molar-refractivity contribution in [2.45, 2.75) is 86.0 Å². The summed E-state index contributed by atoms with van der Waals surface area (Å²) in [6, 6.07) is 11.3. The van der Waals surface area contributed by atoms with Crippen LogP contribution in [-0.2, 0) is 11.8 Å². The number of carbonyl (C=O) groups excluding carboxylic acids is 1. The molecule has 2 heteroatoms. The number of rotatable bonds is 5. The second-order valence-electron chi connectivity index (χ2n) is 9.26. The Labute approximate surface area is 183 Å². The largest absolute Gasteiger partial charge is 0.507 e. The summed E-state index contributed by atoms with van der Waals surface area (Å²) in [5.74, 6) is 1.46. The Bertz CT molecular complexity index is 878. The van der Waals surface area contributed by atoms with Gasteiger partial charge in [0.1, 0.15) is 5.75 Å². The van der Waals surface area contributed by atoms with Crippen LogP contribution >= 0.6 is 0 Å². The van der Waals surface area contributed by atoms with Crippen molar-refractivity contribution in [3.63, 3.8) is 0 Å². The number of hydrogen-bond acceptors (Lipinski definition) is 2. The highest BCUT2D eigenvalue weighted by Gasteiger charge is 2.41. The number of hydrogen-bond donors (Lipinski definition) is 1. The second-order valence-corrected chi connectivity index (χ2v) is 9.26. The highest BCUT2D eigenvalue weighted by molar-refractivity contribution is 6.11. The first-order valence-electron chi connectivity index (χ1n) is 11.7. The molecular weight excluding hydrogens is 368 g/mol. The molecule has 2 aromatic carbocycles. The topological polar surface area (TPSA) is 37.3 Å². The fourth-order valence-corrected chi connectivity index (χ4v) is 5.24. The monoisotopic (exact) mass is 408 g/mol. The van der Waals surface area contributed by atoms with E-state index >= 15 is 0 Å². The van der Waals surface area contributed by atoms with Gasteiger partial charge in [-0.3, -0.25) is 4.79 Å². The van der Waals surface area contributed by atoms with Crippen LogP contribution in [0.3, 0.4) is 0 Å². The third-order valence-corrected chi connectivity index (χ3v) is 6.99. The van der Waals surface area contributed by atoms with Gasteiger partial charge in [-0.1, -0.05) is 73.6 Å². The maximum atomic E-state index is 13.4. The van der Waals surface area contributed by atoms with Crippen LogP contribution in [0.25, 0.3) is 0 Å². The van der Waals surface area contributed by atoms with Crippen LogP contribution in [0.5, 0.6) is 5.75 Å². The SMILES string of the molecule is CC.CCC1(C)c2cc(C(=O)c3ccccc3O)c(C(C)C)cc2CCC1C(C)C. The number of aryl methyl sites for hydroxylation is 1. The molecular formula is C28H40O2. The molecule has 0 saturated carbocycles. The molecule has 2 atom stereocenters. The first-order chi connectivity index (χ1) is 14.2. The van der Waals surface area contributed by atoms with Crippen molar-refractivity contribution < 1.29 is 9.90 Å². The zero-order valence-corrected chi connectivity index (χ0v) is 20.2. The Hall–Kier alpha value is -2.09. The van der Waals surface area contributed by atoms with Crippen molar-refractivity contribution in [3.8, 4) is 5.75 Å². The maximum Gasteiger partial charge on any atom is 0.197 e. The summed E-state index contributed by atoms with van der Waals surface area (Å²) in [5, 5.41) is 10.3. The number of aromatic hydroxyl groups is 1. The lowest BCUT2D eigenvalue weighted by molar-refractivity contribution is 0.103. The Balaban J connectivity index is 0.00000155. The second kappa shape index (κ2) is 9.81. The van der Waals surface area contributed by atoms with Gasteiger partial charge in [-0.2, -0.15) is 0 Å². The normalized spacial score (nSPS) is 20.5. The van der Waals surface area contributed by atoms with E-state index in [4.69, 9.17) is 0 Å². The summed E-state index contributed by atoms with van der Waals surface area (Å²) in [4.78, 5) is 13.4. The smallest absolute Gasteiger partial charge is 0.197 e. The number of fused-ring (bicyclic) bond motifs is 1. The van der Waals surface area contributed by atoms with Crippen LogP contribution < -0.4 is 0 Å². The van der Waals surface area contributed by atoms with Crippen molar-refractivity contribution in [3.05, 3.63) is 64.2 Å². The van der Waals surface area contributed by atoms with Gasteiger partial charge in [0.05, 0.1) is 5.56 Å². The highest BCUT2D eigenvalue weighted by atomic mass is 16.3. The van der Waals surface area contributed by atoms with E-state index in [0.29, 0.717) is 17.4 Å². The van der Waals surface area contributed by atoms with Gasteiger partial charge >= 0.3 is 0 Å². The highest BCUT2D eigenvalue weighted by Crippen LogP contribution is 2.48. The van der Waals surface area contributed by atoms with E-state index < -0.39 is 0 Å². The molecule has 0 saturated heterocycles. The molecule has 0 aliphatic heterocycles. The summed E-state index contributed by atoms with van der Waals surface area (Å²) in [6.45, 7) is 17.6. The van der Waals surface area contributed by atoms with Crippen LogP contribution in [0.2, 0.25) is 0 Å². The molecule has 0 spiro atoms. The van der Waals surface area contributed by atoms with Crippen LogP contribution in [0.15, 0.2) is 36.4 Å². The van der Waals surface area contributed by atoms with Gasteiger partial charge < -0.3 is 5.11 Å². The number of phenols is 1. The zero-order valence-electron chi connectivity index (χ0n) is 20.2. The molecule has 30 heavy (non-hydrogen) atoms. The fourth-order valence-electron chi connectivity index (χ4n) is 5.24. The van der Waals surface area contributed by atoms with E-state index in [1.807, 2.05) is 19.9 Å². The van der Waals surface area contributed by atoms with Gasteiger partial charge in [-0.05, 0) is 77.3 Å².